The first-order valence-electron chi connectivity index (χ1n) is 4.65. The number of hydrogen-bond acceptors (Lipinski definition) is 2. The molecule has 2 amide bonds. The number of para-hydroxylation sites is 1. The summed E-state index contributed by atoms with van der Waals surface area (Å²) in [6.07, 6.45) is 0. The Morgan fingerprint density at radius 3 is 2.20 bits per heavy atom. The van der Waals surface area contributed by atoms with Gasteiger partial charge in [0, 0.05) is 13.8 Å². The molecule has 0 aliphatic rings. The number of hydrogen-bond donors (Lipinski definition) is 2. The van der Waals surface area contributed by atoms with Crippen LogP contribution < -0.4 is 10.6 Å². The maximum Gasteiger partial charge on any atom is 0.221 e. The summed E-state index contributed by atoms with van der Waals surface area (Å²) in [4.78, 5) is 21.9. The van der Waals surface area contributed by atoms with Crippen LogP contribution in [0.4, 0.5) is 11.4 Å². The molecule has 1 rings (SSSR count). The first-order valence-corrected chi connectivity index (χ1v) is 4.65. The predicted octanol–water partition coefficient (Wildman–Crippen LogP) is 1.91. The lowest BCUT2D eigenvalue weighted by molar-refractivity contribution is -0.115. The molecule has 0 aliphatic heterocycles. The number of amides is 2. The summed E-state index contributed by atoms with van der Waals surface area (Å²) < 4.78 is 0. The van der Waals surface area contributed by atoms with Crippen molar-refractivity contribution in [2.45, 2.75) is 20.8 Å². The summed E-state index contributed by atoms with van der Waals surface area (Å²) in [7, 11) is 0. The van der Waals surface area contributed by atoms with E-state index in [1.165, 1.54) is 13.8 Å². The minimum absolute atomic E-state index is 0.157. The van der Waals surface area contributed by atoms with Crippen LogP contribution in [0.15, 0.2) is 18.2 Å². The summed E-state index contributed by atoms with van der Waals surface area (Å²) in [6, 6.07) is 5.45. The average molecular weight is 206 g/mol. The van der Waals surface area contributed by atoms with Crippen molar-refractivity contribution in [1.82, 2.24) is 0 Å². The Hall–Kier alpha value is -1.84. The van der Waals surface area contributed by atoms with Crippen LogP contribution in [-0.4, -0.2) is 11.8 Å². The van der Waals surface area contributed by atoms with E-state index in [9.17, 15) is 9.59 Å². The summed E-state index contributed by atoms with van der Waals surface area (Å²) in [5.74, 6) is -0.317. The third-order valence-electron chi connectivity index (χ3n) is 1.88. The van der Waals surface area contributed by atoms with E-state index in [1.54, 1.807) is 6.07 Å². The normalized spacial score (nSPS) is 9.53. The van der Waals surface area contributed by atoms with E-state index >= 15 is 0 Å². The van der Waals surface area contributed by atoms with E-state index in [2.05, 4.69) is 10.6 Å². The SMILES string of the molecule is CC(=O)Nc1cccc(C)c1NC(C)=O. The largest absolute Gasteiger partial charge is 0.325 e. The van der Waals surface area contributed by atoms with Gasteiger partial charge in [-0.1, -0.05) is 12.1 Å². The topological polar surface area (TPSA) is 58.2 Å². The van der Waals surface area contributed by atoms with Gasteiger partial charge >= 0.3 is 0 Å². The molecule has 1 aromatic carbocycles. The molecule has 15 heavy (non-hydrogen) atoms. The van der Waals surface area contributed by atoms with Crippen molar-refractivity contribution in [2.75, 3.05) is 10.6 Å². The van der Waals surface area contributed by atoms with E-state index in [0.29, 0.717) is 11.4 Å². The van der Waals surface area contributed by atoms with Gasteiger partial charge in [0.25, 0.3) is 0 Å². The molecule has 0 heterocycles. The first kappa shape index (κ1) is 11.2. The maximum atomic E-state index is 11.0. The molecule has 80 valence electrons. The fourth-order valence-corrected chi connectivity index (χ4v) is 1.30. The summed E-state index contributed by atoms with van der Waals surface area (Å²) in [6.45, 7) is 4.74. The molecule has 0 fully saturated rings. The lowest BCUT2D eigenvalue weighted by Crippen LogP contribution is -2.13. The Balaban J connectivity index is 3.08. The molecule has 0 saturated carbocycles. The number of benzene rings is 1. The van der Waals surface area contributed by atoms with Gasteiger partial charge in [0.15, 0.2) is 0 Å². The fraction of sp³-hybridized carbons (Fsp3) is 0.273. The van der Waals surface area contributed by atoms with Crippen LogP contribution in [-0.2, 0) is 9.59 Å². The molecule has 0 unspecified atom stereocenters. The molecule has 4 heteroatoms. The number of nitrogens with one attached hydrogen (secondary N) is 2. The zero-order valence-electron chi connectivity index (χ0n) is 9.05. The van der Waals surface area contributed by atoms with Gasteiger partial charge in [-0.05, 0) is 18.6 Å². The van der Waals surface area contributed by atoms with E-state index in [-0.39, 0.29) is 11.8 Å². The molecule has 0 atom stereocenters. The highest BCUT2D eigenvalue weighted by molar-refractivity contribution is 5.99. The third-order valence-corrected chi connectivity index (χ3v) is 1.88. The van der Waals surface area contributed by atoms with Gasteiger partial charge in [0.05, 0.1) is 11.4 Å². The van der Waals surface area contributed by atoms with Crippen molar-refractivity contribution in [1.29, 1.82) is 0 Å². The zero-order valence-corrected chi connectivity index (χ0v) is 9.05. The molecule has 2 N–H and O–H groups in total. The van der Waals surface area contributed by atoms with E-state index in [1.807, 2.05) is 19.1 Å². The van der Waals surface area contributed by atoms with E-state index in [0.717, 1.165) is 5.56 Å². The molecule has 0 bridgehead atoms. The van der Waals surface area contributed by atoms with Crippen LogP contribution in [0.3, 0.4) is 0 Å². The van der Waals surface area contributed by atoms with Crippen LogP contribution in [0, 0.1) is 6.92 Å². The van der Waals surface area contributed by atoms with Crippen molar-refractivity contribution in [3.63, 3.8) is 0 Å². The highest BCUT2D eigenvalue weighted by Gasteiger charge is 2.07. The average Bonchev–Trinajstić information content (AvgIpc) is 2.09. The minimum Gasteiger partial charge on any atom is -0.325 e. The molecule has 0 spiro atoms. The minimum atomic E-state index is -0.160. The molecular formula is C11H14N2O2. The van der Waals surface area contributed by atoms with E-state index < -0.39 is 0 Å². The zero-order chi connectivity index (χ0) is 11.4. The molecule has 0 aromatic heterocycles. The maximum absolute atomic E-state index is 11.0. The van der Waals surface area contributed by atoms with Crippen LogP contribution in [0.25, 0.3) is 0 Å². The number of anilines is 2. The number of rotatable bonds is 2. The van der Waals surface area contributed by atoms with Gasteiger partial charge in [-0.3, -0.25) is 9.59 Å². The van der Waals surface area contributed by atoms with Crippen LogP contribution >= 0.6 is 0 Å². The molecule has 4 nitrogen and oxygen atoms in total. The highest BCUT2D eigenvalue weighted by Crippen LogP contribution is 2.25. The third kappa shape index (κ3) is 3.09. The van der Waals surface area contributed by atoms with Crippen LogP contribution in [0.1, 0.15) is 19.4 Å². The van der Waals surface area contributed by atoms with Gasteiger partial charge in [-0.25, -0.2) is 0 Å². The van der Waals surface area contributed by atoms with Crippen LogP contribution in [0.2, 0.25) is 0 Å². The Morgan fingerprint density at radius 1 is 1.07 bits per heavy atom. The smallest absolute Gasteiger partial charge is 0.221 e. The Kier molecular flexibility index (Phi) is 3.44. The molecule has 1 aromatic rings. The number of carbonyl (C=O) groups is 2. The second kappa shape index (κ2) is 4.59. The van der Waals surface area contributed by atoms with Crippen molar-refractivity contribution >= 4 is 23.2 Å². The van der Waals surface area contributed by atoms with Gasteiger partial charge in [0.1, 0.15) is 0 Å². The fourth-order valence-electron chi connectivity index (χ4n) is 1.30. The summed E-state index contributed by atoms with van der Waals surface area (Å²) in [5.41, 5.74) is 2.19. The van der Waals surface area contributed by atoms with Crippen molar-refractivity contribution in [2.24, 2.45) is 0 Å². The number of carbonyl (C=O) groups excluding carboxylic acids is 2. The van der Waals surface area contributed by atoms with Gasteiger partial charge < -0.3 is 10.6 Å². The lowest BCUT2D eigenvalue weighted by atomic mass is 10.1. The van der Waals surface area contributed by atoms with Gasteiger partial charge in [-0.15, -0.1) is 0 Å². The summed E-state index contributed by atoms with van der Waals surface area (Å²) >= 11 is 0. The Morgan fingerprint density at radius 2 is 1.67 bits per heavy atom. The molecule has 0 aliphatic carbocycles. The second-order valence-corrected chi connectivity index (χ2v) is 3.36. The predicted molar refractivity (Wildman–Crippen MR) is 59.8 cm³/mol. The Bertz CT molecular complexity index is 400. The molecule has 0 saturated heterocycles. The second-order valence-electron chi connectivity index (χ2n) is 3.36. The van der Waals surface area contributed by atoms with Crippen molar-refractivity contribution in [3.8, 4) is 0 Å². The van der Waals surface area contributed by atoms with Crippen molar-refractivity contribution in [3.05, 3.63) is 23.8 Å². The van der Waals surface area contributed by atoms with Crippen molar-refractivity contribution < 1.29 is 9.59 Å². The van der Waals surface area contributed by atoms with Gasteiger partial charge in [0.2, 0.25) is 11.8 Å². The number of aryl methyl sites for hydroxylation is 1. The summed E-state index contributed by atoms with van der Waals surface area (Å²) in [5, 5.41) is 5.36. The molecule has 0 radical (unpaired) electrons. The highest BCUT2D eigenvalue weighted by atomic mass is 16.2. The first-order chi connectivity index (χ1) is 7.00. The monoisotopic (exact) mass is 206 g/mol. The van der Waals surface area contributed by atoms with E-state index in [4.69, 9.17) is 0 Å². The Labute approximate surface area is 88.7 Å². The standard InChI is InChI=1S/C11H14N2O2/c1-7-5-4-6-10(12-8(2)14)11(7)13-9(3)15/h4-6H,1-3H3,(H,12,14)(H,13,15). The molecular weight excluding hydrogens is 192 g/mol. The van der Waals surface area contributed by atoms with Crippen LogP contribution in [0.5, 0.6) is 0 Å². The van der Waals surface area contributed by atoms with Gasteiger partial charge in [-0.2, -0.15) is 0 Å². The quantitative estimate of drug-likeness (QED) is 0.776. The lowest BCUT2D eigenvalue weighted by Gasteiger charge is -2.12.